The molecule has 0 bridgehead atoms. The highest BCUT2D eigenvalue weighted by Gasteiger charge is 2.31. The molecule has 5 heteroatoms. The summed E-state index contributed by atoms with van der Waals surface area (Å²) in [4.78, 5) is 11.6. The topological polar surface area (TPSA) is 22.0 Å². The maximum atomic E-state index is 12.6. The van der Waals surface area contributed by atoms with E-state index in [0.29, 0.717) is 5.69 Å². The van der Waals surface area contributed by atoms with E-state index >= 15 is 0 Å². The Balaban J connectivity index is 2.61. The van der Waals surface area contributed by atoms with E-state index in [1.54, 1.807) is 18.2 Å². The molecule has 18 heavy (non-hydrogen) atoms. The second kappa shape index (κ2) is 4.33. The van der Waals surface area contributed by atoms with E-state index in [9.17, 15) is 18.0 Å². The van der Waals surface area contributed by atoms with Gasteiger partial charge in [0.1, 0.15) is 0 Å². The standard InChI is InChI=1S/C13H10F3NO/c1-9-3-2-4-11(7-9)17-8-10(13(14,15)16)5-6-12(17)18/h2-8H,1H3. The Kier molecular flexibility index (Phi) is 2.98. The van der Waals surface area contributed by atoms with Crippen LogP contribution in [0, 0.1) is 6.92 Å². The van der Waals surface area contributed by atoms with Crippen molar-refractivity contribution in [3.63, 3.8) is 0 Å². The van der Waals surface area contributed by atoms with Gasteiger partial charge in [0.2, 0.25) is 0 Å². The molecule has 1 aromatic carbocycles. The van der Waals surface area contributed by atoms with Crippen LogP contribution in [0.2, 0.25) is 0 Å². The van der Waals surface area contributed by atoms with Gasteiger partial charge in [-0.2, -0.15) is 13.2 Å². The van der Waals surface area contributed by atoms with Gasteiger partial charge >= 0.3 is 6.18 Å². The largest absolute Gasteiger partial charge is 0.417 e. The number of aromatic nitrogens is 1. The van der Waals surface area contributed by atoms with E-state index in [1.165, 1.54) is 0 Å². The molecule has 2 aromatic rings. The Morgan fingerprint density at radius 1 is 1.11 bits per heavy atom. The van der Waals surface area contributed by atoms with Crippen LogP contribution in [0.4, 0.5) is 13.2 Å². The molecule has 0 spiro atoms. The highest BCUT2D eigenvalue weighted by atomic mass is 19.4. The van der Waals surface area contributed by atoms with E-state index in [2.05, 4.69) is 0 Å². The normalized spacial score (nSPS) is 11.6. The number of alkyl halides is 3. The Morgan fingerprint density at radius 3 is 2.44 bits per heavy atom. The Hall–Kier alpha value is -2.04. The predicted octanol–water partition coefficient (Wildman–Crippen LogP) is 3.16. The summed E-state index contributed by atoms with van der Waals surface area (Å²) in [6, 6.07) is 8.45. The maximum absolute atomic E-state index is 12.6. The van der Waals surface area contributed by atoms with Crippen molar-refractivity contribution in [1.29, 1.82) is 0 Å². The van der Waals surface area contributed by atoms with Gasteiger partial charge in [-0.1, -0.05) is 12.1 Å². The van der Waals surface area contributed by atoms with E-state index < -0.39 is 17.3 Å². The number of rotatable bonds is 1. The first-order chi connectivity index (χ1) is 8.38. The average molecular weight is 253 g/mol. The summed E-state index contributed by atoms with van der Waals surface area (Å²) in [6.45, 7) is 1.81. The van der Waals surface area contributed by atoms with E-state index in [-0.39, 0.29) is 0 Å². The van der Waals surface area contributed by atoms with Crippen LogP contribution in [0.1, 0.15) is 11.1 Å². The van der Waals surface area contributed by atoms with Crippen molar-refractivity contribution < 1.29 is 13.2 Å². The lowest BCUT2D eigenvalue weighted by molar-refractivity contribution is -0.138. The first kappa shape index (κ1) is 12.4. The lowest BCUT2D eigenvalue weighted by atomic mass is 10.2. The summed E-state index contributed by atoms with van der Waals surface area (Å²) in [7, 11) is 0. The minimum Gasteiger partial charge on any atom is -0.284 e. The molecular weight excluding hydrogens is 243 g/mol. The number of pyridine rings is 1. The number of aryl methyl sites for hydroxylation is 1. The van der Waals surface area contributed by atoms with Gasteiger partial charge in [0, 0.05) is 18.0 Å². The third kappa shape index (κ3) is 2.45. The van der Waals surface area contributed by atoms with Crippen molar-refractivity contribution in [1.82, 2.24) is 4.57 Å². The van der Waals surface area contributed by atoms with Crippen LogP contribution >= 0.6 is 0 Å². The quantitative estimate of drug-likeness (QED) is 0.765. The van der Waals surface area contributed by atoms with Crippen molar-refractivity contribution in [2.24, 2.45) is 0 Å². The number of hydrogen-bond donors (Lipinski definition) is 0. The fourth-order valence-electron chi connectivity index (χ4n) is 1.63. The lowest BCUT2D eigenvalue weighted by Crippen LogP contribution is -2.19. The molecule has 0 fully saturated rings. The van der Waals surface area contributed by atoms with Crippen LogP contribution in [0.3, 0.4) is 0 Å². The van der Waals surface area contributed by atoms with Crippen LogP contribution in [-0.2, 0) is 6.18 Å². The fraction of sp³-hybridized carbons (Fsp3) is 0.154. The van der Waals surface area contributed by atoms with Crippen LogP contribution in [0.25, 0.3) is 5.69 Å². The van der Waals surface area contributed by atoms with E-state index in [1.807, 2.05) is 13.0 Å². The molecule has 0 atom stereocenters. The second-order valence-electron chi connectivity index (χ2n) is 3.96. The van der Waals surface area contributed by atoms with Gasteiger partial charge in [-0.3, -0.25) is 9.36 Å². The Bertz CT molecular complexity index is 629. The first-order valence-corrected chi connectivity index (χ1v) is 5.25. The van der Waals surface area contributed by atoms with Crippen LogP contribution in [-0.4, -0.2) is 4.57 Å². The summed E-state index contributed by atoms with van der Waals surface area (Å²) >= 11 is 0. The molecule has 2 rings (SSSR count). The number of benzene rings is 1. The zero-order chi connectivity index (χ0) is 13.3. The van der Waals surface area contributed by atoms with Crippen molar-refractivity contribution >= 4 is 0 Å². The molecule has 0 aliphatic heterocycles. The van der Waals surface area contributed by atoms with Crippen molar-refractivity contribution in [2.45, 2.75) is 13.1 Å². The molecule has 0 amide bonds. The van der Waals surface area contributed by atoms with Gasteiger partial charge in [0.25, 0.3) is 5.56 Å². The minimum absolute atomic E-state index is 0.422. The second-order valence-corrected chi connectivity index (χ2v) is 3.96. The molecule has 0 radical (unpaired) electrons. The Labute approximate surface area is 101 Å². The fourth-order valence-corrected chi connectivity index (χ4v) is 1.63. The smallest absolute Gasteiger partial charge is 0.284 e. The molecule has 0 aliphatic carbocycles. The molecular formula is C13H10F3NO. The van der Waals surface area contributed by atoms with Crippen LogP contribution in [0.15, 0.2) is 47.4 Å². The molecule has 1 heterocycles. The molecule has 94 valence electrons. The van der Waals surface area contributed by atoms with Gasteiger partial charge in [0.05, 0.1) is 5.56 Å². The zero-order valence-electron chi connectivity index (χ0n) is 9.53. The summed E-state index contributed by atoms with van der Waals surface area (Å²) in [5.74, 6) is 0. The lowest BCUT2D eigenvalue weighted by Gasteiger charge is -2.11. The minimum atomic E-state index is -4.46. The predicted molar refractivity (Wildman–Crippen MR) is 61.8 cm³/mol. The molecule has 0 unspecified atom stereocenters. The van der Waals surface area contributed by atoms with Gasteiger partial charge in [-0.05, 0) is 30.7 Å². The number of nitrogens with zero attached hydrogens (tertiary/aromatic N) is 1. The van der Waals surface area contributed by atoms with Gasteiger partial charge in [-0.25, -0.2) is 0 Å². The van der Waals surface area contributed by atoms with Crippen molar-refractivity contribution in [3.8, 4) is 5.69 Å². The summed E-state index contributed by atoms with van der Waals surface area (Å²) in [5, 5.41) is 0. The van der Waals surface area contributed by atoms with Crippen LogP contribution < -0.4 is 5.56 Å². The van der Waals surface area contributed by atoms with Gasteiger partial charge in [-0.15, -0.1) is 0 Å². The zero-order valence-corrected chi connectivity index (χ0v) is 9.53. The van der Waals surface area contributed by atoms with Gasteiger partial charge in [0.15, 0.2) is 0 Å². The molecule has 0 saturated heterocycles. The van der Waals surface area contributed by atoms with E-state index in [4.69, 9.17) is 0 Å². The maximum Gasteiger partial charge on any atom is 0.417 e. The van der Waals surface area contributed by atoms with E-state index in [0.717, 1.165) is 28.5 Å². The van der Waals surface area contributed by atoms with Crippen molar-refractivity contribution in [2.75, 3.05) is 0 Å². The number of halogens is 3. The van der Waals surface area contributed by atoms with Gasteiger partial charge < -0.3 is 0 Å². The highest BCUT2D eigenvalue weighted by molar-refractivity contribution is 5.36. The Morgan fingerprint density at radius 2 is 1.83 bits per heavy atom. The summed E-state index contributed by atoms with van der Waals surface area (Å²) < 4.78 is 38.7. The molecule has 0 saturated carbocycles. The monoisotopic (exact) mass is 253 g/mol. The summed E-state index contributed by atoms with van der Waals surface area (Å²) in [5.41, 5.74) is -0.0416. The highest BCUT2D eigenvalue weighted by Crippen LogP contribution is 2.28. The third-order valence-corrected chi connectivity index (χ3v) is 2.52. The first-order valence-electron chi connectivity index (χ1n) is 5.25. The molecule has 0 N–H and O–H groups in total. The molecule has 2 nitrogen and oxygen atoms in total. The molecule has 0 aliphatic rings. The SMILES string of the molecule is Cc1cccc(-n2cc(C(F)(F)F)ccc2=O)c1. The average Bonchev–Trinajstić information content (AvgIpc) is 2.28. The summed E-state index contributed by atoms with van der Waals surface area (Å²) in [6.07, 6.45) is -3.64. The number of hydrogen-bond acceptors (Lipinski definition) is 1. The van der Waals surface area contributed by atoms with Crippen molar-refractivity contribution in [3.05, 3.63) is 64.1 Å². The molecule has 1 aromatic heterocycles. The third-order valence-electron chi connectivity index (χ3n) is 2.52. The van der Waals surface area contributed by atoms with Crippen LogP contribution in [0.5, 0.6) is 0 Å².